The standard InChI is InChI=1S/C10H16O3/c1-8(2)6-7-13-10(12)5-4-9(3)11/h1,4-7H2,2-3H3. The molecule has 0 N–H and O–H groups in total. The molecule has 0 amide bonds. The van der Waals surface area contributed by atoms with Gasteiger partial charge in [-0.25, -0.2) is 0 Å². The molecule has 0 rings (SSSR count). The van der Waals surface area contributed by atoms with Gasteiger partial charge in [0, 0.05) is 12.8 Å². The quantitative estimate of drug-likeness (QED) is 0.467. The van der Waals surface area contributed by atoms with Crippen LogP contribution in [-0.2, 0) is 14.3 Å². The minimum atomic E-state index is -0.309. The summed E-state index contributed by atoms with van der Waals surface area (Å²) < 4.78 is 4.85. The summed E-state index contributed by atoms with van der Waals surface area (Å²) >= 11 is 0. The number of hydrogen-bond donors (Lipinski definition) is 0. The zero-order chi connectivity index (χ0) is 10.3. The summed E-state index contributed by atoms with van der Waals surface area (Å²) in [7, 11) is 0. The van der Waals surface area contributed by atoms with Gasteiger partial charge in [-0.3, -0.25) is 4.79 Å². The van der Waals surface area contributed by atoms with Gasteiger partial charge in [-0.05, 0) is 13.8 Å². The Balaban J connectivity index is 3.41. The van der Waals surface area contributed by atoms with Gasteiger partial charge in [-0.1, -0.05) is 5.57 Å². The second-order valence-corrected chi connectivity index (χ2v) is 3.13. The van der Waals surface area contributed by atoms with Crippen molar-refractivity contribution in [2.45, 2.75) is 33.1 Å². The molecule has 0 aromatic carbocycles. The average Bonchev–Trinajstić information content (AvgIpc) is 2.00. The summed E-state index contributed by atoms with van der Waals surface area (Å²) in [4.78, 5) is 21.4. The number of carbonyl (C=O) groups is 2. The highest BCUT2D eigenvalue weighted by molar-refractivity contribution is 5.80. The molecule has 0 aromatic rings. The normalized spacial score (nSPS) is 9.38. The van der Waals surface area contributed by atoms with Crippen LogP contribution >= 0.6 is 0 Å². The Morgan fingerprint density at radius 2 is 1.77 bits per heavy atom. The van der Waals surface area contributed by atoms with Crippen molar-refractivity contribution in [2.75, 3.05) is 6.61 Å². The van der Waals surface area contributed by atoms with Crippen LogP contribution in [0, 0.1) is 0 Å². The largest absolute Gasteiger partial charge is 0.465 e. The fourth-order valence-corrected chi connectivity index (χ4v) is 0.689. The number of rotatable bonds is 6. The maximum atomic E-state index is 10.9. The predicted octanol–water partition coefficient (Wildman–Crippen LogP) is 1.86. The Bertz CT molecular complexity index is 206. The van der Waals surface area contributed by atoms with Crippen LogP contribution in [0.4, 0.5) is 0 Å². The van der Waals surface area contributed by atoms with Crippen molar-refractivity contribution in [1.82, 2.24) is 0 Å². The molecule has 0 aliphatic heterocycles. The lowest BCUT2D eigenvalue weighted by Gasteiger charge is -2.02. The van der Waals surface area contributed by atoms with Gasteiger partial charge < -0.3 is 9.53 Å². The molecule has 74 valence electrons. The van der Waals surface area contributed by atoms with E-state index in [0.717, 1.165) is 5.57 Å². The topological polar surface area (TPSA) is 43.4 Å². The Labute approximate surface area is 78.8 Å². The predicted molar refractivity (Wildman–Crippen MR) is 50.3 cm³/mol. The van der Waals surface area contributed by atoms with Crippen molar-refractivity contribution in [3.8, 4) is 0 Å². The molecule has 0 heterocycles. The molecule has 0 spiro atoms. The fourth-order valence-electron chi connectivity index (χ4n) is 0.689. The summed E-state index contributed by atoms with van der Waals surface area (Å²) in [5.41, 5.74) is 0.986. The maximum absolute atomic E-state index is 10.9. The first-order chi connectivity index (χ1) is 6.02. The van der Waals surface area contributed by atoms with Gasteiger partial charge in [0.05, 0.1) is 13.0 Å². The van der Waals surface area contributed by atoms with Crippen LogP contribution in [0.1, 0.15) is 33.1 Å². The van der Waals surface area contributed by atoms with Gasteiger partial charge in [0.1, 0.15) is 5.78 Å². The van der Waals surface area contributed by atoms with E-state index in [2.05, 4.69) is 6.58 Å². The van der Waals surface area contributed by atoms with Gasteiger partial charge in [-0.15, -0.1) is 6.58 Å². The van der Waals surface area contributed by atoms with E-state index in [1.165, 1.54) is 6.92 Å². The summed E-state index contributed by atoms with van der Waals surface area (Å²) in [6.07, 6.45) is 1.14. The second-order valence-electron chi connectivity index (χ2n) is 3.13. The van der Waals surface area contributed by atoms with Crippen molar-refractivity contribution in [3.05, 3.63) is 12.2 Å². The van der Waals surface area contributed by atoms with Crippen LogP contribution in [0.5, 0.6) is 0 Å². The van der Waals surface area contributed by atoms with Crippen molar-refractivity contribution in [1.29, 1.82) is 0 Å². The Kier molecular flexibility index (Phi) is 5.85. The summed E-state index contributed by atoms with van der Waals surface area (Å²) in [6.45, 7) is 7.39. The lowest BCUT2D eigenvalue weighted by atomic mass is 10.2. The molecule has 0 aliphatic carbocycles. The average molecular weight is 184 g/mol. The Morgan fingerprint density at radius 1 is 1.15 bits per heavy atom. The first-order valence-corrected chi connectivity index (χ1v) is 4.32. The highest BCUT2D eigenvalue weighted by Crippen LogP contribution is 1.98. The Hall–Kier alpha value is -1.12. The lowest BCUT2D eigenvalue weighted by Crippen LogP contribution is -2.07. The molecule has 0 atom stereocenters. The van der Waals surface area contributed by atoms with Gasteiger partial charge in [0.2, 0.25) is 0 Å². The minimum Gasteiger partial charge on any atom is -0.465 e. The molecule has 3 nitrogen and oxygen atoms in total. The molecular formula is C10H16O3. The first-order valence-electron chi connectivity index (χ1n) is 4.32. The number of Topliss-reactive ketones (excluding diaryl/α,β-unsaturated/α-hetero) is 1. The van der Waals surface area contributed by atoms with Gasteiger partial charge in [-0.2, -0.15) is 0 Å². The number of ether oxygens (including phenoxy) is 1. The number of ketones is 1. The fraction of sp³-hybridized carbons (Fsp3) is 0.600. The molecule has 0 unspecified atom stereocenters. The zero-order valence-corrected chi connectivity index (χ0v) is 8.26. The third-order valence-corrected chi connectivity index (χ3v) is 1.47. The van der Waals surface area contributed by atoms with Crippen molar-refractivity contribution in [3.63, 3.8) is 0 Å². The molecule has 0 aliphatic rings. The third-order valence-electron chi connectivity index (χ3n) is 1.47. The van der Waals surface area contributed by atoms with Crippen LogP contribution in [0.25, 0.3) is 0 Å². The van der Waals surface area contributed by atoms with Crippen LogP contribution in [-0.4, -0.2) is 18.4 Å². The van der Waals surface area contributed by atoms with E-state index in [9.17, 15) is 9.59 Å². The molecule has 0 saturated carbocycles. The monoisotopic (exact) mass is 184 g/mol. The zero-order valence-electron chi connectivity index (χ0n) is 8.26. The molecule has 13 heavy (non-hydrogen) atoms. The SMILES string of the molecule is C=C(C)CCOC(=O)CCC(C)=O. The maximum Gasteiger partial charge on any atom is 0.306 e. The van der Waals surface area contributed by atoms with Crippen LogP contribution in [0.2, 0.25) is 0 Å². The summed E-state index contributed by atoms with van der Waals surface area (Å²) in [5, 5.41) is 0. The highest BCUT2D eigenvalue weighted by Gasteiger charge is 2.03. The van der Waals surface area contributed by atoms with Gasteiger partial charge in [0.25, 0.3) is 0 Å². The number of carbonyl (C=O) groups excluding carboxylic acids is 2. The molecule has 0 bridgehead atoms. The van der Waals surface area contributed by atoms with Crippen LogP contribution < -0.4 is 0 Å². The van der Waals surface area contributed by atoms with E-state index in [1.54, 1.807) is 0 Å². The summed E-state index contributed by atoms with van der Waals surface area (Å²) in [5.74, 6) is -0.298. The minimum absolute atomic E-state index is 0.0110. The van der Waals surface area contributed by atoms with E-state index in [1.807, 2.05) is 6.92 Å². The smallest absolute Gasteiger partial charge is 0.306 e. The summed E-state index contributed by atoms with van der Waals surface area (Å²) in [6, 6.07) is 0. The third kappa shape index (κ3) is 8.79. The van der Waals surface area contributed by atoms with Gasteiger partial charge >= 0.3 is 5.97 Å². The first kappa shape index (κ1) is 11.9. The van der Waals surface area contributed by atoms with E-state index in [-0.39, 0.29) is 24.6 Å². The molecule has 0 saturated heterocycles. The molecular weight excluding hydrogens is 168 g/mol. The molecule has 0 aromatic heterocycles. The van der Waals surface area contributed by atoms with Gasteiger partial charge in [0.15, 0.2) is 0 Å². The molecule has 0 fully saturated rings. The Morgan fingerprint density at radius 3 is 2.23 bits per heavy atom. The van der Waals surface area contributed by atoms with Crippen molar-refractivity contribution < 1.29 is 14.3 Å². The van der Waals surface area contributed by atoms with Crippen molar-refractivity contribution in [2.24, 2.45) is 0 Å². The lowest BCUT2D eigenvalue weighted by molar-refractivity contribution is -0.144. The second kappa shape index (κ2) is 6.40. The van der Waals surface area contributed by atoms with E-state index >= 15 is 0 Å². The van der Waals surface area contributed by atoms with Crippen LogP contribution in [0.3, 0.4) is 0 Å². The van der Waals surface area contributed by atoms with Crippen LogP contribution in [0.15, 0.2) is 12.2 Å². The number of esters is 1. The number of hydrogen-bond acceptors (Lipinski definition) is 3. The van der Waals surface area contributed by atoms with E-state index < -0.39 is 0 Å². The highest BCUT2D eigenvalue weighted by atomic mass is 16.5. The van der Waals surface area contributed by atoms with Crippen molar-refractivity contribution >= 4 is 11.8 Å². The van der Waals surface area contributed by atoms with E-state index in [0.29, 0.717) is 13.0 Å². The molecule has 3 heteroatoms. The van der Waals surface area contributed by atoms with E-state index in [4.69, 9.17) is 4.74 Å². The molecule has 0 radical (unpaired) electrons.